The molecule has 0 radical (unpaired) electrons. The van der Waals surface area contributed by atoms with Crippen molar-refractivity contribution >= 4 is 5.95 Å². The zero-order valence-corrected chi connectivity index (χ0v) is 11.2. The minimum absolute atomic E-state index is 0.364. The van der Waals surface area contributed by atoms with Crippen LogP contribution in [0.5, 0.6) is 0 Å². The van der Waals surface area contributed by atoms with Gasteiger partial charge in [-0.15, -0.1) is 0 Å². The second-order valence-electron chi connectivity index (χ2n) is 4.90. The van der Waals surface area contributed by atoms with Crippen LogP contribution in [0.25, 0.3) is 0 Å². The molecule has 1 unspecified atom stereocenters. The third kappa shape index (κ3) is 3.70. The van der Waals surface area contributed by atoms with Gasteiger partial charge in [-0.2, -0.15) is 5.26 Å². The summed E-state index contributed by atoms with van der Waals surface area (Å²) in [5.74, 6) is 1.27. The van der Waals surface area contributed by atoms with E-state index in [0.717, 1.165) is 12.1 Å². The molecule has 0 fully saturated rings. The summed E-state index contributed by atoms with van der Waals surface area (Å²) in [6, 6.07) is 4.13. The summed E-state index contributed by atoms with van der Waals surface area (Å²) in [5.41, 5.74) is 1.26. The van der Waals surface area contributed by atoms with E-state index in [2.05, 4.69) is 36.8 Å². The van der Waals surface area contributed by atoms with Crippen LogP contribution in [0.2, 0.25) is 0 Å². The lowest BCUT2D eigenvalue weighted by Crippen LogP contribution is -2.31. The summed E-state index contributed by atoms with van der Waals surface area (Å²) in [4.78, 5) is 10.6. The van der Waals surface area contributed by atoms with Gasteiger partial charge in [0.2, 0.25) is 5.95 Å². The summed E-state index contributed by atoms with van der Waals surface area (Å²) in [6.07, 6.45) is 1.08. The van der Waals surface area contributed by atoms with E-state index in [4.69, 9.17) is 5.26 Å². The Morgan fingerprint density at radius 3 is 2.53 bits per heavy atom. The topological polar surface area (TPSA) is 52.8 Å². The van der Waals surface area contributed by atoms with Gasteiger partial charge in [-0.25, -0.2) is 9.97 Å². The number of hydrogen-bond acceptors (Lipinski definition) is 4. The highest BCUT2D eigenvalue weighted by Crippen LogP contribution is 2.16. The maximum absolute atomic E-state index is 8.89. The first-order valence-corrected chi connectivity index (χ1v) is 5.92. The van der Waals surface area contributed by atoms with E-state index in [1.54, 1.807) is 6.07 Å². The summed E-state index contributed by atoms with van der Waals surface area (Å²) < 4.78 is 0. The molecule has 1 heterocycles. The van der Waals surface area contributed by atoms with Gasteiger partial charge in [0, 0.05) is 18.8 Å². The van der Waals surface area contributed by atoms with Crippen molar-refractivity contribution < 1.29 is 0 Å². The second kappa shape index (κ2) is 5.62. The first-order chi connectivity index (χ1) is 7.93. The van der Waals surface area contributed by atoms with Gasteiger partial charge < -0.3 is 4.90 Å². The van der Waals surface area contributed by atoms with Crippen LogP contribution in [0.15, 0.2) is 6.07 Å². The van der Waals surface area contributed by atoms with Gasteiger partial charge in [0.15, 0.2) is 0 Å². The minimum Gasteiger partial charge on any atom is -0.341 e. The molecule has 0 aliphatic heterocycles. The van der Waals surface area contributed by atoms with Gasteiger partial charge in [-0.05, 0) is 32.3 Å². The number of nitrogens with zero attached hydrogens (tertiary/aromatic N) is 4. The quantitative estimate of drug-likeness (QED) is 0.800. The van der Waals surface area contributed by atoms with Crippen LogP contribution in [-0.4, -0.2) is 23.1 Å². The molecule has 1 aromatic heterocycles. The van der Waals surface area contributed by atoms with E-state index >= 15 is 0 Å². The zero-order chi connectivity index (χ0) is 13.0. The number of anilines is 1. The van der Waals surface area contributed by atoms with Gasteiger partial charge in [0.05, 0.1) is 0 Å². The van der Waals surface area contributed by atoms with Gasteiger partial charge >= 0.3 is 0 Å². The lowest BCUT2D eigenvalue weighted by Gasteiger charge is -2.26. The van der Waals surface area contributed by atoms with E-state index in [1.807, 2.05) is 18.9 Å². The highest BCUT2D eigenvalue weighted by molar-refractivity contribution is 5.36. The molecule has 1 aromatic rings. The largest absolute Gasteiger partial charge is 0.341 e. The Labute approximate surface area is 103 Å². The molecule has 0 saturated carbocycles. The molecule has 0 spiro atoms. The molecular formula is C13H20N4. The maximum atomic E-state index is 8.89. The fourth-order valence-corrected chi connectivity index (χ4v) is 1.81. The lowest BCUT2D eigenvalue weighted by molar-refractivity contribution is 0.499. The highest BCUT2D eigenvalue weighted by atomic mass is 15.2. The summed E-state index contributed by atoms with van der Waals surface area (Å²) >= 11 is 0. The minimum atomic E-state index is 0.364. The Bertz CT molecular complexity index is 420. The molecule has 0 aliphatic carbocycles. The fraction of sp³-hybridized carbons (Fsp3) is 0.615. The first-order valence-electron chi connectivity index (χ1n) is 5.92. The van der Waals surface area contributed by atoms with E-state index in [1.165, 1.54) is 0 Å². The van der Waals surface area contributed by atoms with E-state index in [0.29, 0.717) is 23.6 Å². The molecule has 0 bridgehead atoms. The number of aryl methyl sites for hydroxylation is 1. The van der Waals surface area contributed by atoms with Crippen molar-refractivity contribution in [2.75, 3.05) is 11.9 Å². The number of rotatable bonds is 4. The van der Waals surface area contributed by atoms with Crippen LogP contribution in [0.1, 0.15) is 38.6 Å². The molecule has 1 rings (SSSR count). The maximum Gasteiger partial charge on any atom is 0.226 e. The lowest BCUT2D eigenvalue weighted by atomic mass is 10.0. The average molecular weight is 232 g/mol. The molecule has 0 amide bonds. The van der Waals surface area contributed by atoms with E-state index in [-0.39, 0.29) is 0 Å². The van der Waals surface area contributed by atoms with Gasteiger partial charge in [-0.3, -0.25) is 0 Å². The van der Waals surface area contributed by atoms with Crippen molar-refractivity contribution in [1.82, 2.24) is 9.97 Å². The highest BCUT2D eigenvalue weighted by Gasteiger charge is 2.15. The molecule has 0 aliphatic rings. The Balaban J connectivity index is 2.92. The molecule has 0 saturated heterocycles. The molecule has 0 N–H and O–H groups in total. The van der Waals surface area contributed by atoms with Crippen LogP contribution >= 0.6 is 0 Å². The molecule has 92 valence electrons. The van der Waals surface area contributed by atoms with Crippen molar-refractivity contribution in [3.8, 4) is 6.07 Å². The first kappa shape index (κ1) is 13.4. The second-order valence-corrected chi connectivity index (χ2v) is 4.90. The van der Waals surface area contributed by atoms with Crippen LogP contribution < -0.4 is 4.90 Å². The smallest absolute Gasteiger partial charge is 0.226 e. The van der Waals surface area contributed by atoms with E-state index in [9.17, 15) is 0 Å². The Morgan fingerprint density at radius 1 is 1.35 bits per heavy atom. The fourth-order valence-electron chi connectivity index (χ4n) is 1.81. The van der Waals surface area contributed by atoms with Gasteiger partial charge in [-0.1, -0.05) is 13.8 Å². The molecule has 1 atom stereocenters. The van der Waals surface area contributed by atoms with Gasteiger partial charge in [0.1, 0.15) is 11.8 Å². The third-order valence-electron chi connectivity index (χ3n) is 2.75. The summed E-state index contributed by atoms with van der Waals surface area (Å²) in [5, 5.41) is 8.89. The standard InChI is InChI=1S/C13H20N4/c1-9(2)6-11(4)17(5)13-15-10(3)7-12(8-14)16-13/h7,9,11H,6H2,1-5H3. The number of aromatic nitrogens is 2. The molecule has 17 heavy (non-hydrogen) atoms. The SMILES string of the molecule is Cc1cc(C#N)nc(N(C)C(C)CC(C)C)n1. The van der Waals surface area contributed by atoms with Crippen molar-refractivity contribution in [3.63, 3.8) is 0 Å². The Kier molecular flexibility index (Phi) is 4.45. The zero-order valence-electron chi connectivity index (χ0n) is 11.2. The summed E-state index contributed by atoms with van der Waals surface area (Å²) in [6.45, 7) is 8.43. The van der Waals surface area contributed by atoms with E-state index < -0.39 is 0 Å². The van der Waals surface area contributed by atoms with Crippen molar-refractivity contribution in [3.05, 3.63) is 17.5 Å². The molecular weight excluding hydrogens is 212 g/mol. The predicted octanol–water partition coefficient (Wildman–Crippen LogP) is 2.53. The molecule has 0 aromatic carbocycles. The summed E-state index contributed by atoms with van der Waals surface area (Å²) in [7, 11) is 1.98. The normalized spacial score (nSPS) is 12.3. The predicted molar refractivity (Wildman–Crippen MR) is 68.8 cm³/mol. The Hall–Kier alpha value is -1.63. The van der Waals surface area contributed by atoms with Crippen molar-refractivity contribution in [2.45, 2.75) is 40.2 Å². The third-order valence-corrected chi connectivity index (χ3v) is 2.75. The van der Waals surface area contributed by atoms with Crippen LogP contribution in [0.4, 0.5) is 5.95 Å². The van der Waals surface area contributed by atoms with Crippen LogP contribution in [0, 0.1) is 24.2 Å². The molecule has 4 nitrogen and oxygen atoms in total. The number of nitriles is 1. The number of hydrogen-bond donors (Lipinski definition) is 0. The van der Waals surface area contributed by atoms with Crippen molar-refractivity contribution in [2.24, 2.45) is 5.92 Å². The molecule has 4 heteroatoms. The van der Waals surface area contributed by atoms with Gasteiger partial charge in [0.25, 0.3) is 0 Å². The van der Waals surface area contributed by atoms with Crippen LogP contribution in [-0.2, 0) is 0 Å². The monoisotopic (exact) mass is 232 g/mol. The average Bonchev–Trinajstić information content (AvgIpc) is 2.26. The van der Waals surface area contributed by atoms with Crippen LogP contribution in [0.3, 0.4) is 0 Å². The van der Waals surface area contributed by atoms with Crippen molar-refractivity contribution in [1.29, 1.82) is 5.26 Å². The Morgan fingerprint density at radius 2 is 2.00 bits per heavy atom.